The number of hydrogen-bond acceptors (Lipinski definition) is 9. The highest BCUT2D eigenvalue weighted by molar-refractivity contribution is 6.32. The normalized spacial score (nSPS) is 35.3. The zero-order chi connectivity index (χ0) is 30.1. The molecule has 1 aromatic carbocycles. The summed E-state index contributed by atoms with van der Waals surface area (Å²) in [7, 11) is 2.96. The highest BCUT2D eigenvalue weighted by atomic mass is 16.3. The molecule has 5 N–H and O–H groups in total. The van der Waals surface area contributed by atoms with Crippen LogP contribution in [0.3, 0.4) is 0 Å². The summed E-state index contributed by atoms with van der Waals surface area (Å²) >= 11 is 0. The standard InChI is InChI=1S/C31H38N2O8/c1-13(2)15-11-12-17-16(10-9-14-7-5-6-8-14)18-20(25(35)19(17)24(15)34)28(38)31(41)22(26(18)36)23(33(3)4)27(37)21(29(31)39)30(32)40/h11-12,14,16,18,20-23,26,34,36,41H,1,5-10H2,2-4H3,(H2,32,40)/t16-,18+,20?,21?,22+,23?,26-,31-/m0/s1. The lowest BCUT2D eigenvalue weighted by atomic mass is 9.49. The Hall–Kier alpha value is -3.21. The average Bonchev–Trinajstić information content (AvgIpc) is 3.41. The molecule has 41 heavy (non-hydrogen) atoms. The zero-order valence-corrected chi connectivity index (χ0v) is 23.6. The van der Waals surface area contributed by atoms with Crippen LogP contribution in [0.5, 0.6) is 5.75 Å². The first-order valence-electron chi connectivity index (χ1n) is 14.3. The number of carbonyl (C=O) groups excluding carboxylic acids is 5. The van der Waals surface area contributed by atoms with Gasteiger partial charge in [0.05, 0.1) is 29.5 Å². The fourth-order valence-electron chi connectivity index (χ4n) is 8.21. The molecule has 1 aromatic rings. The molecule has 8 atom stereocenters. The van der Waals surface area contributed by atoms with Crippen LogP contribution in [0, 0.1) is 29.6 Å². The number of aliphatic hydroxyl groups is 2. The van der Waals surface area contributed by atoms with Crippen LogP contribution in [0.15, 0.2) is 18.7 Å². The number of phenols is 1. The van der Waals surface area contributed by atoms with E-state index in [1.54, 1.807) is 19.1 Å². The van der Waals surface area contributed by atoms with Crippen LogP contribution in [-0.4, -0.2) is 81.1 Å². The predicted octanol–water partition coefficient (Wildman–Crippen LogP) is 1.38. The predicted molar refractivity (Wildman–Crippen MR) is 148 cm³/mol. The third-order valence-corrected chi connectivity index (χ3v) is 10.1. The lowest BCUT2D eigenvalue weighted by molar-refractivity contribution is -0.197. The van der Waals surface area contributed by atoms with Gasteiger partial charge in [-0.3, -0.25) is 28.9 Å². The van der Waals surface area contributed by atoms with E-state index in [4.69, 9.17) is 5.73 Å². The molecule has 1 amide bonds. The van der Waals surface area contributed by atoms with Gasteiger partial charge in [-0.05, 0) is 56.8 Å². The van der Waals surface area contributed by atoms with Crippen molar-refractivity contribution in [2.75, 3.05) is 14.1 Å². The summed E-state index contributed by atoms with van der Waals surface area (Å²) in [6, 6.07) is 1.99. The largest absolute Gasteiger partial charge is 0.507 e. The lowest BCUT2D eigenvalue weighted by Gasteiger charge is -2.56. The van der Waals surface area contributed by atoms with Crippen LogP contribution in [0.25, 0.3) is 5.57 Å². The number of allylic oxidation sites excluding steroid dienone is 1. The Morgan fingerprint density at radius 1 is 1.10 bits per heavy atom. The fourth-order valence-corrected chi connectivity index (χ4v) is 8.21. The maximum Gasteiger partial charge on any atom is 0.235 e. The summed E-state index contributed by atoms with van der Waals surface area (Å²) < 4.78 is 0. The number of likely N-dealkylation sites (N-methyl/N-ethyl adjacent to an activating group) is 1. The molecule has 0 bridgehead atoms. The van der Waals surface area contributed by atoms with E-state index in [1.807, 2.05) is 0 Å². The number of fused-ring (bicyclic) bond motifs is 3. The molecule has 0 aliphatic heterocycles. The molecular formula is C31H38N2O8. The molecule has 220 valence electrons. The van der Waals surface area contributed by atoms with E-state index >= 15 is 0 Å². The van der Waals surface area contributed by atoms with Gasteiger partial charge < -0.3 is 21.1 Å². The first-order chi connectivity index (χ1) is 19.2. The Labute approximate surface area is 238 Å². The molecule has 3 fully saturated rings. The first-order valence-corrected chi connectivity index (χ1v) is 14.3. The van der Waals surface area contributed by atoms with Gasteiger partial charge in [0, 0.05) is 11.5 Å². The number of nitrogens with two attached hydrogens (primary N) is 1. The number of aromatic hydroxyl groups is 1. The minimum Gasteiger partial charge on any atom is -0.507 e. The Morgan fingerprint density at radius 3 is 2.29 bits per heavy atom. The molecule has 3 saturated carbocycles. The van der Waals surface area contributed by atoms with E-state index in [9.17, 15) is 39.3 Å². The van der Waals surface area contributed by atoms with Crippen LogP contribution in [0.4, 0.5) is 0 Å². The van der Waals surface area contributed by atoms with Crippen molar-refractivity contribution in [1.29, 1.82) is 0 Å². The maximum absolute atomic E-state index is 14.3. The second kappa shape index (κ2) is 10.3. The molecule has 4 aliphatic carbocycles. The van der Waals surface area contributed by atoms with E-state index in [1.165, 1.54) is 19.0 Å². The molecule has 10 heteroatoms. The Kier molecular flexibility index (Phi) is 7.33. The highest BCUT2D eigenvalue weighted by Gasteiger charge is 2.73. The van der Waals surface area contributed by atoms with Gasteiger partial charge in [0.25, 0.3) is 0 Å². The number of nitrogens with zero attached hydrogens (tertiary/aromatic N) is 1. The number of primary amides is 1. The first kappa shape index (κ1) is 29.3. The fraction of sp³-hybridized carbons (Fsp3) is 0.581. The van der Waals surface area contributed by atoms with Crippen molar-refractivity contribution in [2.24, 2.45) is 35.3 Å². The summed E-state index contributed by atoms with van der Waals surface area (Å²) in [5.41, 5.74) is 3.60. The number of ketones is 4. The van der Waals surface area contributed by atoms with Crippen LogP contribution in [0.1, 0.15) is 72.9 Å². The third kappa shape index (κ3) is 4.13. The summed E-state index contributed by atoms with van der Waals surface area (Å²) in [4.78, 5) is 69.0. The van der Waals surface area contributed by atoms with Gasteiger partial charge in [0.1, 0.15) is 5.75 Å². The summed E-state index contributed by atoms with van der Waals surface area (Å²) in [6.07, 6.45) is 3.96. The van der Waals surface area contributed by atoms with Crippen molar-refractivity contribution >= 4 is 34.6 Å². The van der Waals surface area contributed by atoms with Crippen molar-refractivity contribution < 1.29 is 39.3 Å². The molecule has 3 unspecified atom stereocenters. The van der Waals surface area contributed by atoms with Crippen molar-refractivity contribution in [3.05, 3.63) is 35.4 Å². The summed E-state index contributed by atoms with van der Waals surface area (Å²) in [5, 5.41) is 35.1. The summed E-state index contributed by atoms with van der Waals surface area (Å²) in [6.45, 7) is 5.53. The molecule has 5 rings (SSSR count). The molecule has 0 saturated heterocycles. The van der Waals surface area contributed by atoms with Gasteiger partial charge in [-0.1, -0.05) is 44.4 Å². The Morgan fingerprint density at radius 2 is 1.73 bits per heavy atom. The van der Waals surface area contributed by atoms with Crippen LogP contribution >= 0.6 is 0 Å². The number of amides is 1. The second-order valence-electron chi connectivity index (χ2n) is 12.6. The Balaban J connectivity index is 1.71. The van der Waals surface area contributed by atoms with Gasteiger partial charge in [-0.25, -0.2) is 0 Å². The molecule has 0 heterocycles. The van der Waals surface area contributed by atoms with Crippen LogP contribution in [0.2, 0.25) is 0 Å². The van der Waals surface area contributed by atoms with E-state index in [-0.39, 0.29) is 11.3 Å². The van der Waals surface area contributed by atoms with Gasteiger partial charge in [0.15, 0.2) is 34.7 Å². The van der Waals surface area contributed by atoms with Gasteiger partial charge in [0.2, 0.25) is 5.91 Å². The smallest absolute Gasteiger partial charge is 0.235 e. The molecule has 0 radical (unpaired) electrons. The third-order valence-electron chi connectivity index (χ3n) is 10.1. The molecule has 10 nitrogen and oxygen atoms in total. The highest BCUT2D eigenvalue weighted by Crippen LogP contribution is 2.56. The number of benzene rings is 1. The van der Waals surface area contributed by atoms with Crippen molar-refractivity contribution in [1.82, 2.24) is 4.90 Å². The summed E-state index contributed by atoms with van der Waals surface area (Å²) in [5.74, 6) is -12.6. The van der Waals surface area contributed by atoms with E-state index < -0.39 is 76.4 Å². The van der Waals surface area contributed by atoms with E-state index in [0.717, 1.165) is 32.1 Å². The van der Waals surface area contributed by atoms with E-state index in [0.29, 0.717) is 29.0 Å². The number of phenolic OH excluding ortho intramolecular Hbond substituents is 1. The topological polar surface area (TPSA) is 175 Å². The number of rotatable bonds is 6. The second-order valence-corrected chi connectivity index (χ2v) is 12.6. The van der Waals surface area contributed by atoms with E-state index in [2.05, 4.69) is 6.58 Å². The van der Waals surface area contributed by atoms with Crippen molar-refractivity contribution in [3.8, 4) is 5.75 Å². The zero-order valence-electron chi connectivity index (χ0n) is 23.6. The number of carbonyl (C=O) groups is 5. The quantitative estimate of drug-likeness (QED) is 0.371. The van der Waals surface area contributed by atoms with Crippen LogP contribution in [-0.2, 0) is 19.2 Å². The number of Topliss-reactive ketones (excluding diaryl/α,β-unsaturated/α-hetero) is 4. The van der Waals surface area contributed by atoms with Gasteiger partial charge >= 0.3 is 0 Å². The van der Waals surface area contributed by atoms with Crippen molar-refractivity contribution in [3.63, 3.8) is 0 Å². The minimum atomic E-state index is -3.01. The van der Waals surface area contributed by atoms with Crippen LogP contribution < -0.4 is 5.73 Å². The SMILES string of the molecule is C=C(C)c1ccc2c(c1O)C(=O)C1C(=O)[C@]3(O)C(=O)C(C(N)=O)C(=O)C(N(C)C)[C@@H]3[C@@H](O)[C@@H]1[C@H]2CCC1CCCC1. The Bertz CT molecular complexity index is 1360. The maximum atomic E-state index is 14.3. The monoisotopic (exact) mass is 566 g/mol. The molecule has 0 spiro atoms. The molecule has 4 aliphatic rings. The number of hydrogen-bond donors (Lipinski definition) is 4. The van der Waals surface area contributed by atoms with Crippen molar-refractivity contribution in [2.45, 2.75) is 69.1 Å². The molecule has 0 aromatic heterocycles. The lowest BCUT2D eigenvalue weighted by Crippen LogP contribution is -2.77. The van der Waals surface area contributed by atoms with Gasteiger partial charge in [-0.15, -0.1) is 0 Å². The van der Waals surface area contributed by atoms with Gasteiger partial charge in [-0.2, -0.15) is 0 Å². The average molecular weight is 567 g/mol. The molecular weight excluding hydrogens is 528 g/mol. The minimum absolute atomic E-state index is 0.0827. The number of aliphatic hydroxyl groups excluding tert-OH is 1.